The van der Waals surface area contributed by atoms with Crippen molar-refractivity contribution in [3.05, 3.63) is 216 Å². The fourth-order valence-corrected chi connectivity index (χ4v) is 9.88. The van der Waals surface area contributed by atoms with Crippen molar-refractivity contribution in [3.8, 4) is 62.0 Å². The summed E-state index contributed by atoms with van der Waals surface area (Å²) in [4.78, 5) is 0. The average molecular weight is 848 g/mol. The van der Waals surface area contributed by atoms with Gasteiger partial charge in [-0.25, -0.2) is 0 Å². The van der Waals surface area contributed by atoms with Crippen molar-refractivity contribution in [3.63, 3.8) is 0 Å². The Hall–Kier alpha value is -8.14. The standard InChI is InChI=1S/C59H40F3N3/c1-36-28-42(31-43(29-36)59(60,61)62)47-24-23-44(64-54-18-10-8-16-48(54)52-32-40(21-26-56(52)64)45-14-6-4-12-37(45)2)34-50(47)51-30-39(35-63)20-25-57(51)65-55-19-11-9-17-49(55)53-33-41(22-27-58(53)65)46-15-7-5-13-38(46)3/h4-34H,1-3H3. The molecule has 0 spiro atoms. The van der Waals surface area contributed by atoms with Gasteiger partial charge in [-0.2, -0.15) is 18.4 Å². The Labute approximate surface area is 374 Å². The monoisotopic (exact) mass is 847 g/mol. The predicted molar refractivity (Wildman–Crippen MR) is 261 cm³/mol. The predicted octanol–water partition coefficient (Wildman–Crippen LogP) is 16.4. The van der Waals surface area contributed by atoms with Gasteiger partial charge in [-0.1, -0.05) is 109 Å². The molecule has 3 nitrogen and oxygen atoms in total. The molecular formula is C59H40F3N3. The van der Waals surface area contributed by atoms with Crippen LogP contribution in [0.25, 0.3) is 99.5 Å². The Morgan fingerprint density at radius 2 is 0.969 bits per heavy atom. The smallest absolute Gasteiger partial charge is 0.309 e. The Kier molecular flexibility index (Phi) is 9.34. The molecule has 0 fully saturated rings. The molecule has 0 amide bonds. The van der Waals surface area contributed by atoms with Crippen LogP contribution in [0.4, 0.5) is 13.2 Å². The number of aryl methyl sites for hydroxylation is 3. The Bertz CT molecular complexity index is 3760. The Morgan fingerprint density at radius 3 is 1.57 bits per heavy atom. The van der Waals surface area contributed by atoms with E-state index >= 15 is 0 Å². The van der Waals surface area contributed by atoms with E-state index in [1.807, 2.05) is 72.8 Å². The lowest BCUT2D eigenvalue weighted by Gasteiger charge is -2.20. The van der Waals surface area contributed by atoms with Crippen LogP contribution in [0.2, 0.25) is 0 Å². The number of fused-ring (bicyclic) bond motifs is 6. The van der Waals surface area contributed by atoms with Crippen LogP contribution in [0.1, 0.15) is 27.8 Å². The van der Waals surface area contributed by atoms with E-state index < -0.39 is 11.7 Å². The largest absolute Gasteiger partial charge is 0.416 e. The molecule has 2 heterocycles. The quantitative estimate of drug-likeness (QED) is 0.164. The molecule has 0 radical (unpaired) electrons. The molecule has 11 rings (SSSR count). The fourth-order valence-electron chi connectivity index (χ4n) is 9.88. The number of nitriles is 1. The molecule has 9 aromatic carbocycles. The molecule has 0 bridgehead atoms. The lowest BCUT2D eigenvalue weighted by atomic mass is 9.90. The van der Waals surface area contributed by atoms with Gasteiger partial charge < -0.3 is 9.13 Å². The SMILES string of the molecule is Cc1cc(-c2ccc(-n3c4ccccc4c4cc(-c5ccccc5C)ccc43)cc2-c2cc(C#N)ccc2-n2c3ccccc3c3cc(-c4ccccc4C)ccc32)cc(C(F)(F)F)c1. The van der Waals surface area contributed by atoms with Gasteiger partial charge in [-0.15, -0.1) is 0 Å². The van der Waals surface area contributed by atoms with Crippen molar-refractivity contribution in [2.45, 2.75) is 26.9 Å². The van der Waals surface area contributed by atoms with E-state index in [9.17, 15) is 18.4 Å². The van der Waals surface area contributed by atoms with Crippen molar-refractivity contribution in [2.75, 3.05) is 0 Å². The number of hydrogen-bond acceptors (Lipinski definition) is 1. The van der Waals surface area contributed by atoms with E-state index in [-0.39, 0.29) is 0 Å². The van der Waals surface area contributed by atoms with Crippen molar-refractivity contribution in [1.29, 1.82) is 5.26 Å². The summed E-state index contributed by atoms with van der Waals surface area (Å²) in [5.41, 5.74) is 15.1. The fraction of sp³-hybridized carbons (Fsp3) is 0.0678. The molecule has 0 aliphatic heterocycles. The lowest BCUT2D eigenvalue weighted by molar-refractivity contribution is -0.137. The number of rotatable bonds is 6. The second-order valence-electron chi connectivity index (χ2n) is 17.0. The summed E-state index contributed by atoms with van der Waals surface area (Å²) in [6.07, 6.45) is -4.55. The van der Waals surface area contributed by atoms with E-state index in [1.54, 1.807) is 6.92 Å². The first-order valence-corrected chi connectivity index (χ1v) is 21.6. The maximum Gasteiger partial charge on any atom is 0.416 e. The van der Waals surface area contributed by atoms with Crippen LogP contribution in [0.15, 0.2) is 188 Å². The van der Waals surface area contributed by atoms with Crippen LogP contribution >= 0.6 is 0 Å². The van der Waals surface area contributed by atoms with E-state index in [1.165, 1.54) is 23.3 Å². The van der Waals surface area contributed by atoms with Crippen LogP contribution in [0, 0.1) is 32.1 Å². The second-order valence-corrected chi connectivity index (χ2v) is 17.0. The minimum absolute atomic E-state index is 0.433. The van der Waals surface area contributed by atoms with Gasteiger partial charge >= 0.3 is 6.18 Å². The number of para-hydroxylation sites is 2. The number of alkyl halides is 3. The number of halogens is 3. The molecule has 0 aliphatic rings. The Morgan fingerprint density at radius 1 is 0.415 bits per heavy atom. The first-order valence-electron chi connectivity index (χ1n) is 21.6. The molecule has 312 valence electrons. The lowest BCUT2D eigenvalue weighted by Crippen LogP contribution is -2.06. The normalized spacial score (nSPS) is 11.8. The molecule has 0 atom stereocenters. The molecule has 0 N–H and O–H groups in total. The molecule has 6 heteroatoms. The Balaban J connectivity index is 1.21. The molecule has 0 aliphatic carbocycles. The van der Waals surface area contributed by atoms with Gasteiger partial charge in [0.15, 0.2) is 0 Å². The molecule has 0 saturated carbocycles. The van der Waals surface area contributed by atoms with Gasteiger partial charge in [0.1, 0.15) is 0 Å². The van der Waals surface area contributed by atoms with Gasteiger partial charge in [0, 0.05) is 32.8 Å². The maximum atomic E-state index is 14.6. The van der Waals surface area contributed by atoms with Crippen molar-refractivity contribution >= 4 is 43.6 Å². The van der Waals surface area contributed by atoms with Gasteiger partial charge in [0.25, 0.3) is 0 Å². The third kappa shape index (κ3) is 6.67. The van der Waals surface area contributed by atoms with Crippen molar-refractivity contribution in [2.24, 2.45) is 0 Å². The molecule has 65 heavy (non-hydrogen) atoms. The van der Waals surface area contributed by atoms with Crippen LogP contribution in [0.3, 0.4) is 0 Å². The summed E-state index contributed by atoms with van der Waals surface area (Å²) in [5.74, 6) is 0. The van der Waals surface area contributed by atoms with Gasteiger partial charge in [0.2, 0.25) is 0 Å². The summed E-state index contributed by atoms with van der Waals surface area (Å²) in [7, 11) is 0. The maximum absolute atomic E-state index is 14.6. The second kappa shape index (κ2) is 15.3. The third-order valence-corrected chi connectivity index (χ3v) is 12.9. The first kappa shape index (κ1) is 39.7. The minimum Gasteiger partial charge on any atom is -0.309 e. The van der Waals surface area contributed by atoms with Crippen LogP contribution in [0.5, 0.6) is 0 Å². The summed E-state index contributed by atoms with van der Waals surface area (Å²) in [5, 5.41) is 14.8. The summed E-state index contributed by atoms with van der Waals surface area (Å²) in [6, 6.07) is 64.7. The summed E-state index contributed by atoms with van der Waals surface area (Å²) < 4.78 is 48.1. The van der Waals surface area contributed by atoms with E-state index in [0.29, 0.717) is 33.4 Å². The van der Waals surface area contributed by atoms with Crippen LogP contribution < -0.4 is 0 Å². The van der Waals surface area contributed by atoms with Gasteiger partial charge in [-0.3, -0.25) is 0 Å². The molecule has 0 unspecified atom stereocenters. The topological polar surface area (TPSA) is 33.6 Å². The molecule has 0 saturated heterocycles. The highest BCUT2D eigenvalue weighted by Gasteiger charge is 2.31. The zero-order valence-corrected chi connectivity index (χ0v) is 35.9. The van der Waals surface area contributed by atoms with Crippen molar-refractivity contribution in [1.82, 2.24) is 9.13 Å². The summed E-state index contributed by atoms with van der Waals surface area (Å²) >= 11 is 0. The highest BCUT2D eigenvalue weighted by Crippen LogP contribution is 2.45. The zero-order chi connectivity index (χ0) is 44.6. The van der Waals surface area contributed by atoms with Crippen LogP contribution in [-0.2, 0) is 6.18 Å². The van der Waals surface area contributed by atoms with E-state index in [0.717, 1.165) is 77.2 Å². The van der Waals surface area contributed by atoms with E-state index in [4.69, 9.17) is 0 Å². The highest BCUT2D eigenvalue weighted by molar-refractivity contribution is 6.12. The third-order valence-electron chi connectivity index (χ3n) is 12.9. The minimum atomic E-state index is -4.55. The molecule has 11 aromatic rings. The highest BCUT2D eigenvalue weighted by atomic mass is 19.4. The average Bonchev–Trinajstić information content (AvgIpc) is 3.83. The zero-order valence-electron chi connectivity index (χ0n) is 35.9. The number of aromatic nitrogens is 2. The van der Waals surface area contributed by atoms with E-state index in [2.05, 4.69) is 132 Å². The summed E-state index contributed by atoms with van der Waals surface area (Å²) in [6.45, 7) is 5.93. The number of hydrogen-bond donors (Lipinski definition) is 0. The number of benzene rings is 9. The van der Waals surface area contributed by atoms with Crippen LogP contribution in [-0.4, -0.2) is 9.13 Å². The van der Waals surface area contributed by atoms with Crippen molar-refractivity contribution < 1.29 is 13.2 Å². The molecule has 2 aromatic heterocycles. The number of nitrogens with zero attached hydrogens (tertiary/aromatic N) is 3. The van der Waals surface area contributed by atoms with Gasteiger partial charge in [-0.05, 0) is 155 Å². The van der Waals surface area contributed by atoms with Gasteiger partial charge in [0.05, 0.1) is 45.0 Å². The first-order chi connectivity index (χ1) is 31.6. The molecular weight excluding hydrogens is 808 g/mol.